The largest absolute Gasteiger partial charge is 0.368 e. The molecule has 1 aromatic rings. The third kappa shape index (κ3) is 3.27. The van der Waals surface area contributed by atoms with Gasteiger partial charge in [-0.3, -0.25) is 0 Å². The molecular formula is C16H19N5. The number of nitrogens with zero attached hydrogens (tertiary/aromatic N) is 5. The first-order valence-electron chi connectivity index (χ1n) is 6.94. The summed E-state index contributed by atoms with van der Waals surface area (Å²) in [5.74, 6) is 0.715. The van der Waals surface area contributed by atoms with Crippen molar-refractivity contribution in [1.82, 2.24) is 9.80 Å². The van der Waals surface area contributed by atoms with Gasteiger partial charge in [0.25, 0.3) is 0 Å². The highest BCUT2D eigenvalue weighted by atomic mass is 15.4. The number of rotatable bonds is 3. The number of anilines is 1. The number of para-hydroxylation sites is 1. The van der Waals surface area contributed by atoms with Gasteiger partial charge in [-0.2, -0.15) is 10.5 Å². The fraction of sp³-hybridized carbons (Fsp3) is 0.375. The van der Waals surface area contributed by atoms with Gasteiger partial charge < -0.3 is 14.7 Å². The molecule has 0 saturated carbocycles. The van der Waals surface area contributed by atoms with E-state index in [-0.39, 0.29) is 5.57 Å². The van der Waals surface area contributed by atoms with Crippen LogP contribution in [0.2, 0.25) is 0 Å². The van der Waals surface area contributed by atoms with Crippen molar-refractivity contribution in [2.45, 2.75) is 0 Å². The predicted molar refractivity (Wildman–Crippen MR) is 82.2 cm³/mol. The quantitative estimate of drug-likeness (QED) is 0.788. The molecule has 0 amide bonds. The van der Waals surface area contributed by atoms with Crippen molar-refractivity contribution in [2.75, 3.05) is 45.2 Å². The molecule has 1 aliphatic rings. The van der Waals surface area contributed by atoms with Gasteiger partial charge in [0.15, 0.2) is 5.57 Å². The van der Waals surface area contributed by atoms with E-state index in [2.05, 4.69) is 21.9 Å². The van der Waals surface area contributed by atoms with E-state index < -0.39 is 0 Å². The molecule has 1 heterocycles. The summed E-state index contributed by atoms with van der Waals surface area (Å²) < 4.78 is 0. The average Bonchev–Trinajstić information content (AvgIpc) is 2.53. The molecule has 5 nitrogen and oxygen atoms in total. The first-order chi connectivity index (χ1) is 10.2. The van der Waals surface area contributed by atoms with Crippen molar-refractivity contribution in [3.05, 3.63) is 41.7 Å². The SMILES string of the molecule is CN(C)C(=C(C#N)C#N)N1CCN(c2ccccc2)CC1. The Hall–Kier alpha value is -2.66. The second kappa shape index (κ2) is 6.67. The highest BCUT2D eigenvalue weighted by Crippen LogP contribution is 2.19. The Morgan fingerprint density at radius 1 is 1.00 bits per heavy atom. The van der Waals surface area contributed by atoms with Crippen LogP contribution >= 0.6 is 0 Å². The summed E-state index contributed by atoms with van der Waals surface area (Å²) in [4.78, 5) is 6.28. The maximum absolute atomic E-state index is 9.11. The van der Waals surface area contributed by atoms with E-state index in [1.165, 1.54) is 5.69 Å². The van der Waals surface area contributed by atoms with E-state index in [0.717, 1.165) is 26.2 Å². The van der Waals surface area contributed by atoms with Crippen LogP contribution in [0, 0.1) is 22.7 Å². The van der Waals surface area contributed by atoms with Crippen LogP contribution in [0.15, 0.2) is 41.7 Å². The summed E-state index contributed by atoms with van der Waals surface area (Å²) in [6.45, 7) is 3.36. The number of nitriles is 2. The Kier molecular flexibility index (Phi) is 4.68. The number of hydrogen-bond donors (Lipinski definition) is 0. The fourth-order valence-electron chi connectivity index (χ4n) is 2.60. The van der Waals surface area contributed by atoms with Crippen LogP contribution in [-0.2, 0) is 0 Å². The lowest BCUT2D eigenvalue weighted by molar-refractivity contribution is 0.243. The Morgan fingerprint density at radius 3 is 2.05 bits per heavy atom. The van der Waals surface area contributed by atoms with Gasteiger partial charge in [0, 0.05) is 46.0 Å². The lowest BCUT2D eigenvalue weighted by atomic mass is 10.2. The average molecular weight is 281 g/mol. The monoisotopic (exact) mass is 281 g/mol. The molecule has 0 bridgehead atoms. The van der Waals surface area contributed by atoms with E-state index in [1.54, 1.807) is 0 Å². The minimum atomic E-state index is 0.174. The first kappa shape index (κ1) is 14.7. The van der Waals surface area contributed by atoms with Crippen molar-refractivity contribution >= 4 is 5.69 Å². The van der Waals surface area contributed by atoms with Crippen molar-refractivity contribution in [3.63, 3.8) is 0 Å². The van der Waals surface area contributed by atoms with Gasteiger partial charge in [-0.1, -0.05) is 18.2 Å². The van der Waals surface area contributed by atoms with Crippen molar-refractivity contribution in [1.29, 1.82) is 10.5 Å². The van der Waals surface area contributed by atoms with E-state index in [0.29, 0.717) is 5.82 Å². The van der Waals surface area contributed by atoms with Gasteiger partial charge in [0.2, 0.25) is 0 Å². The Bertz CT molecular complexity index is 567. The van der Waals surface area contributed by atoms with E-state index >= 15 is 0 Å². The normalized spacial score (nSPS) is 14.1. The van der Waals surface area contributed by atoms with Crippen LogP contribution in [0.25, 0.3) is 0 Å². The molecule has 5 heteroatoms. The van der Waals surface area contributed by atoms with Crippen LogP contribution < -0.4 is 4.90 Å². The third-order valence-electron chi connectivity index (χ3n) is 3.57. The zero-order valence-electron chi connectivity index (χ0n) is 12.5. The Morgan fingerprint density at radius 2 is 1.57 bits per heavy atom. The molecule has 1 aliphatic heterocycles. The fourth-order valence-corrected chi connectivity index (χ4v) is 2.60. The summed E-state index contributed by atoms with van der Waals surface area (Å²) in [6, 6.07) is 14.3. The molecule has 0 atom stereocenters. The van der Waals surface area contributed by atoms with Gasteiger partial charge in [0.05, 0.1) is 0 Å². The first-order valence-corrected chi connectivity index (χ1v) is 6.94. The summed E-state index contributed by atoms with van der Waals surface area (Å²) in [5.41, 5.74) is 1.39. The molecule has 0 aliphatic carbocycles. The second-order valence-electron chi connectivity index (χ2n) is 5.13. The maximum atomic E-state index is 9.11. The van der Waals surface area contributed by atoms with E-state index in [1.807, 2.05) is 49.3 Å². The highest BCUT2D eigenvalue weighted by Gasteiger charge is 2.22. The van der Waals surface area contributed by atoms with Crippen molar-refractivity contribution < 1.29 is 0 Å². The van der Waals surface area contributed by atoms with Crippen molar-refractivity contribution in [2.24, 2.45) is 0 Å². The molecule has 21 heavy (non-hydrogen) atoms. The molecule has 0 radical (unpaired) electrons. The zero-order valence-corrected chi connectivity index (χ0v) is 12.5. The molecular weight excluding hydrogens is 262 g/mol. The van der Waals surface area contributed by atoms with Crippen LogP contribution in [0.3, 0.4) is 0 Å². The number of benzene rings is 1. The van der Waals surface area contributed by atoms with Crippen molar-refractivity contribution in [3.8, 4) is 12.1 Å². The molecule has 0 N–H and O–H groups in total. The maximum Gasteiger partial charge on any atom is 0.169 e. The standard InChI is InChI=1S/C16H19N5/c1-19(2)16(14(12-17)13-18)21-10-8-20(9-11-21)15-6-4-3-5-7-15/h3-7H,8-11H2,1-2H3. The summed E-state index contributed by atoms with van der Waals surface area (Å²) in [5, 5.41) is 18.2. The molecule has 108 valence electrons. The van der Waals surface area contributed by atoms with E-state index in [4.69, 9.17) is 10.5 Å². The minimum absolute atomic E-state index is 0.174. The molecule has 1 fully saturated rings. The molecule has 0 spiro atoms. The lowest BCUT2D eigenvalue weighted by Gasteiger charge is -2.40. The molecule has 0 unspecified atom stereocenters. The predicted octanol–water partition coefficient (Wildman–Crippen LogP) is 1.63. The zero-order chi connectivity index (χ0) is 15.2. The number of allylic oxidation sites excluding steroid dienone is 1. The second-order valence-corrected chi connectivity index (χ2v) is 5.13. The van der Waals surface area contributed by atoms with Crippen LogP contribution in [0.5, 0.6) is 0 Å². The Balaban J connectivity index is 2.12. The topological polar surface area (TPSA) is 57.3 Å². The molecule has 1 aromatic carbocycles. The van der Waals surface area contributed by atoms with Gasteiger partial charge in [0.1, 0.15) is 18.0 Å². The van der Waals surface area contributed by atoms with Crippen LogP contribution in [0.4, 0.5) is 5.69 Å². The molecule has 0 aromatic heterocycles. The summed E-state index contributed by atoms with van der Waals surface area (Å²) in [6.07, 6.45) is 0. The highest BCUT2D eigenvalue weighted by molar-refractivity contribution is 5.47. The minimum Gasteiger partial charge on any atom is -0.368 e. The van der Waals surface area contributed by atoms with Gasteiger partial charge in [-0.05, 0) is 12.1 Å². The number of piperazine rings is 1. The Labute approximate surface area is 125 Å². The van der Waals surface area contributed by atoms with Gasteiger partial charge in [-0.25, -0.2) is 0 Å². The van der Waals surface area contributed by atoms with E-state index in [9.17, 15) is 0 Å². The van der Waals surface area contributed by atoms with Crippen LogP contribution in [0.1, 0.15) is 0 Å². The summed E-state index contributed by atoms with van der Waals surface area (Å²) in [7, 11) is 3.74. The third-order valence-corrected chi connectivity index (χ3v) is 3.57. The van der Waals surface area contributed by atoms with Gasteiger partial charge in [-0.15, -0.1) is 0 Å². The number of hydrogen-bond acceptors (Lipinski definition) is 5. The van der Waals surface area contributed by atoms with Crippen LogP contribution in [-0.4, -0.2) is 50.1 Å². The smallest absolute Gasteiger partial charge is 0.169 e. The summed E-state index contributed by atoms with van der Waals surface area (Å²) >= 11 is 0. The molecule has 1 saturated heterocycles. The molecule has 2 rings (SSSR count). The van der Waals surface area contributed by atoms with Gasteiger partial charge >= 0.3 is 0 Å². The lowest BCUT2D eigenvalue weighted by Crippen LogP contribution is -2.48.